The van der Waals surface area contributed by atoms with Gasteiger partial charge in [0.15, 0.2) is 0 Å². The van der Waals surface area contributed by atoms with Crippen molar-refractivity contribution in [3.8, 4) is 11.8 Å². The van der Waals surface area contributed by atoms with Crippen LogP contribution in [0.25, 0.3) is 5.69 Å². The Bertz CT molecular complexity index is 1340. The van der Waals surface area contributed by atoms with E-state index in [1.165, 1.54) is 29.5 Å². The highest BCUT2D eigenvalue weighted by Gasteiger charge is 2.63. The lowest BCUT2D eigenvalue weighted by atomic mass is 9.84. The fourth-order valence-electron chi connectivity index (χ4n) is 3.58. The van der Waals surface area contributed by atoms with Crippen LogP contribution in [0, 0.1) is 11.3 Å². The second-order valence-corrected chi connectivity index (χ2v) is 7.61. The third-order valence-corrected chi connectivity index (χ3v) is 5.36. The maximum Gasteiger partial charge on any atom is 0.435 e. The average molecular weight is 519 g/mol. The highest BCUT2D eigenvalue weighted by molar-refractivity contribution is 6.02. The molecule has 0 radical (unpaired) electrons. The molecule has 3 aromatic rings. The third-order valence-electron chi connectivity index (χ3n) is 5.36. The lowest BCUT2D eigenvalue weighted by Gasteiger charge is -2.30. The van der Waals surface area contributed by atoms with Crippen molar-refractivity contribution in [1.82, 2.24) is 14.8 Å². The largest absolute Gasteiger partial charge is 0.435 e. The number of nitrogens with zero attached hydrogens (tertiary/aromatic N) is 5. The molecule has 15 heteroatoms. The van der Waals surface area contributed by atoms with Crippen molar-refractivity contribution in [1.29, 1.82) is 5.26 Å². The van der Waals surface area contributed by atoms with Gasteiger partial charge >= 0.3 is 18.5 Å². The molecule has 0 aliphatic carbocycles. The van der Waals surface area contributed by atoms with Gasteiger partial charge in [0.25, 0.3) is 5.60 Å². The van der Waals surface area contributed by atoms with Gasteiger partial charge < -0.3 is 4.84 Å². The minimum absolute atomic E-state index is 0.0459. The van der Waals surface area contributed by atoms with Crippen LogP contribution in [0.2, 0.25) is 0 Å². The van der Waals surface area contributed by atoms with E-state index >= 15 is 0 Å². The fraction of sp³-hybridized carbons (Fsp3) is 0.238. The molecule has 6 nitrogen and oxygen atoms in total. The van der Waals surface area contributed by atoms with Crippen LogP contribution >= 0.6 is 0 Å². The third kappa shape index (κ3) is 4.34. The SMILES string of the molecule is N#Cc1cc(C2=NOC(c3cc(C(F)(F)F)cc(C(F)(F)F)c3)(C(F)(F)F)C2)ccc1-n1cncn1. The smallest absolute Gasteiger partial charge is 0.374 e. The molecule has 0 saturated heterocycles. The van der Waals surface area contributed by atoms with E-state index in [0.29, 0.717) is 0 Å². The first-order chi connectivity index (χ1) is 16.7. The normalized spacial score (nSPS) is 18.5. The van der Waals surface area contributed by atoms with Crippen molar-refractivity contribution in [2.24, 2.45) is 5.16 Å². The summed E-state index contributed by atoms with van der Waals surface area (Å²) >= 11 is 0. The Hall–Kier alpha value is -4.09. The zero-order valence-electron chi connectivity index (χ0n) is 17.4. The highest BCUT2D eigenvalue weighted by atomic mass is 19.4. The molecule has 2 heterocycles. The van der Waals surface area contributed by atoms with Crippen LogP contribution in [0.1, 0.15) is 34.2 Å². The minimum atomic E-state index is -5.47. The molecule has 0 saturated carbocycles. The molecule has 0 amide bonds. The van der Waals surface area contributed by atoms with Gasteiger partial charge in [0.05, 0.1) is 28.1 Å². The second-order valence-electron chi connectivity index (χ2n) is 7.61. The van der Waals surface area contributed by atoms with E-state index in [0.717, 1.165) is 6.07 Å². The molecule has 1 atom stereocenters. The molecule has 1 aliphatic rings. The number of oxime groups is 1. The van der Waals surface area contributed by atoms with Crippen molar-refractivity contribution < 1.29 is 44.4 Å². The summed E-state index contributed by atoms with van der Waals surface area (Å²) in [4.78, 5) is 8.30. The summed E-state index contributed by atoms with van der Waals surface area (Å²) < 4.78 is 123. The predicted octanol–water partition coefficient (Wildman–Crippen LogP) is 5.76. The number of halogens is 9. The minimum Gasteiger partial charge on any atom is -0.374 e. The van der Waals surface area contributed by atoms with Crippen molar-refractivity contribution >= 4 is 5.71 Å². The Balaban J connectivity index is 1.80. The first kappa shape index (κ1) is 25.0. The first-order valence-electron chi connectivity index (χ1n) is 9.67. The summed E-state index contributed by atoms with van der Waals surface area (Å²) in [6.07, 6.45) is -15.0. The summed E-state index contributed by atoms with van der Waals surface area (Å²) in [5.41, 5.74) is -9.29. The molecule has 0 fully saturated rings. The van der Waals surface area contributed by atoms with Crippen molar-refractivity contribution in [2.75, 3.05) is 0 Å². The van der Waals surface area contributed by atoms with Gasteiger partial charge in [-0.2, -0.15) is 49.9 Å². The molecule has 36 heavy (non-hydrogen) atoms. The maximum absolute atomic E-state index is 14.2. The van der Waals surface area contributed by atoms with E-state index in [4.69, 9.17) is 0 Å². The molecule has 2 aromatic carbocycles. The lowest BCUT2D eigenvalue weighted by molar-refractivity contribution is -0.276. The number of benzene rings is 2. The van der Waals surface area contributed by atoms with Gasteiger partial charge in [0.1, 0.15) is 18.7 Å². The molecule has 4 rings (SSSR count). The number of aromatic nitrogens is 3. The summed E-state index contributed by atoms with van der Waals surface area (Å²) in [5, 5.41) is 16.6. The quantitative estimate of drug-likeness (QED) is 0.413. The molecule has 0 spiro atoms. The van der Waals surface area contributed by atoms with Gasteiger partial charge in [-0.15, -0.1) is 0 Å². The number of nitriles is 1. The monoisotopic (exact) mass is 519 g/mol. The van der Waals surface area contributed by atoms with Crippen LogP contribution in [0.5, 0.6) is 0 Å². The first-order valence-corrected chi connectivity index (χ1v) is 9.67. The van der Waals surface area contributed by atoms with Gasteiger partial charge in [-0.05, 0) is 30.3 Å². The molecule has 1 aromatic heterocycles. The molecule has 0 bridgehead atoms. The highest BCUT2D eigenvalue weighted by Crippen LogP contribution is 2.51. The summed E-state index contributed by atoms with van der Waals surface area (Å²) in [6.45, 7) is 0. The molecule has 188 valence electrons. The Morgan fingerprint density at radius 2 is 1.56 bits per heavy atom. The van der Waals surface area contributed by atoms with Gasteiger partial charge in [-0.25, -0.2) is 9.67 Å². The zero-order valence-corrected chi connectivity index (χ0v) is 17.4. The molecule has 1 unspecified atom stereocenters. The van der Waals surface area contributed by atoms with Gasteiger partial charge in [-0.3, -0.25) is 0 Å². The Morgan fingerprint density at radius 1 is 0.917 bits per heavy atom. The average Bonchev–Trinajstić information content (AvgIpc) is 3.48. The molecular formula is C21H10F9N5O. The molecule has 1 aliphatic heterocycles. The molecular weight excluding hydrogens is 509 g/mol. The van der Waals surface area contributed by atoms with E-state index < -0.39 is 53.0 Å². The van der Waals surface area contributed by atoms with Crippen molar-refractivity contribution in [2.45, 2.75) is 30.6 Å². The van der Waals surface area contributed by atoms with Gasteiger partial charge in [0, 0.05) is 17.5 Å². The standard InChI is InChI=1S/C21H10F9N5O/c22-19(23,24)14-4-13(5-15(6-14)20(25,26)27)18(21(28,29)30)7-16(34-36-18)11-1-2-17(12(3-11)8-31)35-10-32-9-33-35/h1-6,9-10H,7H2. The fourth-order valence-corrected chi connectivity index (χ4v) is 3.58. The van der Waals surface area contributed by atoms with Crippen LogP contribution in [0.4, 0.5) is 39.5 Å². The lowest BCUT2D eigenvalue weighted by Crippen LogP contribution is -2.43. The van der Waals surface area contributed by atoms with Crippen LogP contribution in [0.3, 0.4) is 0 Å². The number of alkyl halides is 9. The van der Waals surface area contributed by atoms with Crippen LogP contribution < -0.4 is 0 Å². The predicted molar refractivity (Wildman–Crippen MR) is 102 cm³/mol. The summed E-state index contributed by atoms with van der Waals surface area (Å²) in [7, 11) is 0. The van der Waals surface area contributed by atoms with Crippen LogP contribution in [0.15, 0.2) is 54.2 Å². The number of rotatable bonds is 3. The van der Waals surface area contributed by atoms with Crippen LogP contribution in [-0.4, -0.2) is 26.7 Å². The van der Waals surface area contributed by atoms with Crippen molar-refractivity contribution in [3.05, 3.63) is 76.9 Å². The Morgan fingerprint density at radius 3 is 2.06 bits per heavy atom. The van der Waals surface area contributed by atoms with Gasteiger partial charge in [-0.1, -0.05) is 11.2 Å². The number of hydrogen-bond acceptors (Lipinski definition) is 5. The topological polar surface area (TPSA) is 76.1 Å². The van der Waals surface area contributed by atoms with E-state index in [1.807, 2.05) is 6.07 Å². The van der Waals surface area contributed by atoms with E-state index in [-0.39, 0.29) is 35.0 Å². The van der Waals surface area contributed by atoms with E-state index in [9.17, 15) is 44.8 Å². The van der Waals surface area contributed by atoms with Gasteiger partial charge in [0.2, 0.25) is 0 Å². The van der Waals surface area contributed by atoms with E-state index in [1.54, 1.807) is 0 Å². The maximum atomic E-state index is 14.2. The Kier molecular flexibility index (Phi) is 5.73. The molecule has 0 N–H and O–H groups in total. The Labute approximate surface area is 195 Å². The number of hydrogen-bond donors (Lipinski definition) is 0. The zero-order chi connectivity index (χ0) is 26.5. The summed E-state index contributed by atoms with van der Waals surface area (Å²) in [6, 6.07) is 5.14. The van der Waals surface area contributed by atoms with E-state index in [2.05, 4.69) is 20.1 Å². The van der Waals surface area contributed by atoms with Crippen LogP contribution in [-0.2, 0) is 22.8 Å². The summed E-state index contributed by atoms with van der Waals surface area (Å²) in [5.74, 6) is 0. The second kappa shape index (κ2) is 8.25. The van der Waals surface area contributed by atoms with Crippen molar-refractivity contribution in [3.63, 3.8) is 0 Å².